The van der Waals surface area contributed by atoms with Crippen LogP contribution in [0.3, 0.4) is 0 Å². The van der Waals surface area contributed by atoms with Crippen molar-refractivity contribution in [2.24, 2.45) is 0 Å². The third-order valence-electron chi connectivity index (χ3n) is 2.07. The van der Waals surface area contributed by atoms with Crippen LogP contribution >= 0.6 is 0 Å². The predicted octanol–water partition coefficient (Wildman–Crippen LogP) is -12.8. The molecule has 11 nitrogen and oxygen atoms in total. The smallest absolute Gasteiger partial charge is 0.726 e. The first-order valence-corrected chi connectivity index (χ1v) is 7.25. The Morgan fingerprint density at radius 1 is 0.955 bits per heavy atom. The molecule has 0 aliphatic carbocycles. The first-order chi connectivity index (χ1) is 8.48. The molecule has 3 atom stereocenters. The van der Waals surface area contributed by atoms with Gasteiger partial charge in [0.15, 0.2) is 0 Å². The van der Waals surface area contributed by atoms with Crippen LogP contribution < -0.4 is 93.8 Å². The van der Waals surface area contributed by atoms with Crippen LogP contribution in [0.1, 0.15) is 6.42 Å². The van der Waals surface area contributed by atoms with Gasteiger partial charge in [-0.3, -0.25) is 8.37 Å². The average molecular weight is 388 g/mol. The molecule has 1 heterocycles. The largest absolute Gasteiger partial charge is 1.00 e. The fourth-order valence-corrected chi connectivity index (χ4v) is 2.39. The van der Waals surface area contributed by atoms with E-state index in [2.05, 4.69) is 13.1 Å². The standard InChI is InChI=1S/C6H10O11S2.3Na/c7-6(8)4-1-3(16-18(9,10)11)5(2-15-4)17-19(12,13)14;;;/h3-5H,1-2H2,(H,7,8)(H,9,10,11)(H,12,13,14);;;/q;3*+1/p-3/t3?,4-,5?;;;/m1.../s1. The fraction of sp³-hybridized carbons (Fsp3) is 0.833. The number of rotatable bonds is 5. The molecule has 0 radical (unpaired) electrons. The predicted molar refractivity (Wildman–Crippen MR) is 48.5 cm³/mol. The fourth-order valence-electron chi connectivity index (χ4n) is 1.41. The normalized spacial score (nSPS) is 25.1. The molecule has 112 valence electrons. The van der Waals surface area contributed by atoms with Gasteiger partial charge in [-0.15, -0.1) is 0 Å². The first-order valence-electron chi connectivity index (χ1n) is 4.58. The van der Waals surface area contributed by atoms with Gasteiger partial charge >= 0.3 is 88.7 Å². The van der Waals surface area contributed by atoms with Crippen LogP contribution in [-0.2, 0) is 38.7 Å². The summed E-state index contributed by atoms with van der Waals surface area (Å²) in [6.45, 7) is -0.777. The molecule has 0 amide bonds. The SMILES string of the molecule is O=C([O-])[C@H]1CC(OS(=O)(=O)[O-])C(OS(=O)(=O)[O-])CO1.[Na+].[Na+].[Na+]. The molecule has 1 aliphatic rings. The van der Waals surface area contributed by atoms with E-state index in [4.69, 9.17) is 0 Å². The molecule has 16 heteroatoms. The molecule has 0 aromatic carbocycles. The molecule has 22 heavy (non-hydrogen) atoms. The zero-order valence-electron chi connectivity index (χ0n) is 12.0. The van der Waals surface area contributed by atoms with Crippen LogP contribution in [0, 0.1) is 0 Å². The Labute approximate surface area is 193 Å². The number of hydrogen-bond acceptors (Lipinski definition) is 11. The van der Waals surface area contributed by atoms with E-state index in [1.54, 1.807) is 0 Å². The number of carboxylic acids is 1. The van der Waals surface area contributed by atoms with E-state index < -0.39 is 58.1 Å². The number of carbonyl (C=O) groups excluding carboxylic acids is 1. The Balaban J connectivity index is -0.00000120. The molecule has 0 aromatic rings. The summed E-state index contributed by atoms with van der Waals surface area (Å²) in [5.41, 5.74) is 0. The van der Waals surface area contributed by atoms with Crippen LogP contribution in [0.2, 0.25) is 0 Å². The van der Waals surface area contributed by atoms with Crippen molar-refractivity contribution in [2.75, 3.05) is 6.61 Å². The molecule has 2 unspecified atom stereocenters. The van der Waals surface area contributed by atoms with Crippen molar-refractivity contribution in [3.8, 4) is 0 Å². The van der Waals surface area contributed by atoms with Crippen LogP contribution in [0.15, 0.2) is 0 Å². The molecule has 0 N–H and O–H groups in total. The summed E-state index contributed by atoms with van der Waals surface area (Å²) in [6, 6.07) is 0. The zero-order chi connectivity index (χ0) is 14.8. The maximum absolute atomic E-state index is 10.5. The van der Waals surface area contributed by atoms with Gasteiger partial charge in [-0.25, -0.2) is 16.8 Å². The molecule has 0 spiro atoms. The zero-order valence-corrected chi connectivity index (χ0v) is 19.6. The Bertz CT molecular complexity index is 546. The number of carbonyl (C=O) groups is 1. The minimum atomic E-state index is -5.26. The first kappa shape index (κ1) is 29.0. The molecule has 0 saturated carbocycles. The maximum atomic E-state index is 10.5. The van der Waals surface area contributed by atoms with E-state index in [1.807, 2.05) is 0 Å². The van der Waals surface area contributed by atoms with Crippen molar-refractivity contribution >= 4 is 26.8 Å². The second kappa shape index (κ2) is 11.7. The second-order valence-corrected chi connectivity index (χ2v) is 5.48. The van der Waals surface area contributed by atoms with Crippen molar-refractivity contribution in [1.29, 1.82) is 0 Å². The van der Waals surface area contributed by atoms with Crippen molar-refractivity contribution in [2.45, 2.75) is 24.7 Å². The molecule has 1 rings (SSSR count). The summed E-state index contributed by atoms with van der Waals surface area (Å²) >= 11 is 0. The van der Waals surface area contributed by atoms with Gasteiger partial charge in [-0.2, -0.15) is 0 Å². The third-order valence-corrected chi connectivity index (χ3v) is 3.03. The average Bonchev–Trinajstić information content (AvgIpc) is 2.15. The molecule has 1 aliphatic heterocycles. The summed E-state index contributed by atoms with van der Waals surface area (Å²) in [4.78, 5) is 10.5. The van der Waals surface area contributed by atoms with E-state index in [0.717, 1.165) is 0 Å². The summed E-state index contributed by atoms with van der Waals surface area (Å²) in [6.07, 6.45) is -5.89. The molecule has 0 aromatic heterocycles. The summed E-state index contributed by atoms with van der Waals surface area (Å²) in [5, 5.41) is 10.5. The Morgan fingerprint density at radius 3 is 1.73 bits per heavy atom. The van der Waals surface area contributed by atoms with Crippen LogP contribution in [0.4, 0.5) is 0 Å². The Morgan fingerprint density at radius 2 is 1.36 bits per heavy atom. The number of carboxylic acid groups (broad SMARTS) is 1. The van der Waals surface area contributed by atoms with E-state index in [0.29, 0.717) is 0 Å². The molecular weight excluding hydrogens is 381 g/mol. The van der Waals surface area contributed by atoms with Crippen LogP contribution in [0.5, 0.6) is 0 Å². The summed E-state index contributed by atoms with van der Waals surface area (Å²) in [5.74, 6) is -1.72. The minimum Gasteiger partial charge on any atom is -0.726 e. The van der Waals surface area contributed by atoms with Gasteiger partial charge < -0.3 is 23.7 Å². The minimum absolute atomic E-state index is 0. The Kier molecular flexibility index (Phi) is 15.4. The van der Waals surface area contributed by atoms with E-state index in [1.165, 1.54) is 0 Å². The summed E-state index contributed by atoms with van der Waals surface area (Å²) < 4.78 is 74.8. The van der Waals surface area contributed by atoms with Gasteiger partial charge in [0.25, 0.3) is 0 Å². The topological polar surface area (TPSA) is 182 Å². The van der Waals surface area contributed by atoms with Crippen LogP contribution in [-0.4, -0.2) is 56.8 Å². The summed E-state index contributed by atoms with van der Waals surface area (Å²) in [7, 11) is -10.5. The maximum Gasteiger partial charge on any atom is 1.00 e. The van der Waals surface area contributed by atoms with Gasteiger partial charge in [0.05, 0.1) is 18.7 Å². The van der Waals surface area contributed by atoms with Gasteiger partial charge in [0.1, 0.15) is 12.2 Å². The van der Waals surface area contributed by atoms with Crippen LogP contribution in [0.25, 0.3) is 0 Å². The molecular formula is C6H7Na3O11S2. The Hall–Kier alpha value is 2.17. The van der Waals surface area contributed by atoms with Crippen molar-refractivity contribution < 1.29 is 138 Å². The molecule has 0 bridgehead atoms. The van der Waals surface area contributed by atoms with E-state index >= 15 is 0 Å². The molecule has 1 saturated heterocycles. The van der Waals surface area contributed by atoms with E-state index in [9.17, 15) is 35.8 Å². The van der Waals surface area contributed by atoms with Crippen molar-refractivity contribution in [3.05, 3.63) is 0 Å². The second-order valence-electron chi connectivity index (χ2n) is 3.46. The molecule has 1 fully saturated rings. The van der Waals surface area contributed by atoms with Gasteiger partial charge in [-0.05, 0) is 0 Å². The van der Waals surface area contributed by atoms with Crippen molar-refractivity contribution in [3.63, 3.8) is 0 Å². The van der Waals surface area contributed by atoms with Gasteiger partial charge in [0.2, 0.25) is 20.8 Å². The van der Waals surface area contributed by atoms with Gasteiger partial charge in [0, 0.05) is 6.42 Å². The number of aliphatic carboxylic acids is 1. The number of hydrogen-bond donors (Lipinski definition) is 0. The monoisotopic (exact) mass is 388 g/mol. The van der Waals surface area contributed by atoms with E-state index in [-0.39, 0.29) is 88.7 Å². The third kappa shape index (κ3) is 11.7. The number of ether oxygens (including phenoxy) is 1. The van der Waals surface area contributed by atoms with Crippen molar-refractivity contribution in [1.82, 2.24) is 0 Å². The quantitative estimate of drug-likeness (QED) is 0.248. The van der Waals surface area contributed by atoms with Gasteiger partial charge in [-0.1, -0.05) is 0 Å².